The first-order chi connectivity index (χ1) is 10.4. The summed E-state index contributed by atoms with van der Waals surface area (Å²) in [6.45, 7) is 11.0. The van der Waals surface area contributed by atoms with Crippen molar-refractivity contribution in [2.75, 3.05) is 0 Å². The largest absolute Gasteiger partial charge is 0.265 e. The van der Waals surface area contributed by atoms with Gasteiger partial charge in [0.2, 0.25) is 0 Å². The normalized spacial score (nSPS) is 15.1. The predicted molar refractivity (Wildman–Crippen MR) is 93.9 cm³/mol. The van der Waals surface area contributed by atoms with Crippen LogP contribution in [0.15, 0.2) is 18.2 Å². The number of halogens is 1. The van der Waals surface area contributed by atoms with Gasteiger partial charge in [0.05, 0.1) is 11.7 Å². The van der Waals surface area contributed by atoms with Crippen LogP contribution in [0.3, 0.4) is 0 Å². The van der Waals surface area contributed by atoms with E-state index in [0.29, 0.717) is 17.9 Å². The maximum atomic E-state index is 6.48. The van der Waals surface area contributed by atoms with Crippen molar-refractivity contribution in [1.29, 1.82) is 0 Å². The molecule has 0 saturated heterocycles. The van der Waals surface area contributed by atoms with Crippen LogP contribution in [0.1, 0.15) is 75.2 Å². The highest BCUT2D eigenvalue weighted by Crippen LogP contribution is 2.41. The molecule has 1 aliphatic rings. The maximum Gasteiger partial charge on any atom is 0.0955 e. The first-order valence-corrected chi connectivity index (χ1v) is 8.66. The van der Waals surface area contributed by atoms with Crippen molar-refractivity contribution in [3.63, 3.8) is 0 Å². The van der Waals surface area contributed by atoms with Crippen LogP contribution in [0, 0.1) is 6.92 Å². The van der Waals surface area contributed by atoms with Gasteiger partial charge in [0.15, 0.2) is 0 Å². The number of nitrogens with zero attached hydrogens (tertiary/aromatic N) is 2. The van der Waals surface area contributed by atoms with Crippen LogP contribution in [0.5, 0.6) is 0 Å². The Hall–Kier alpha value is -1.28. The summed E-state index contributed by atoms with van der Waals surface area (Å²) in [6, 6.07) is 6.99. The smallest absolute Gasteiger partial charge is 0.0955 e. The molecule has 2 aromatic rings. The Bertz CT molecular complexity index is 694. The molecule has 0 atom stereocenters. The fourth-order valence-corrected chi connectivity index (χ4v) is 3.64. The molecular weight excluding hydrogens is 292 g/mol. The van der Waals surface area contributed by atoms with Crippen molar-refractivity contribution >= 4 is 11.6 Å². The topological polar surface area (TPSA) is 17.8 Å². The zero-order chi connectivity index (χ0) is 16.0. The van der Waals surface area contributed by atoms with Gasteiger partial charge in [-0.15, -0.1) is 0 Å². The quantitative estimate of drug-likeness (QED) is 0.667. The Morgan fingerprint density at radius 2 is 1.82 bits per heavy atom. The molecule has 3 heteroatoms. The highest BCUT2D eigenvalue weighted by Gasteiger charge is 2.30. The molecule has 1 aliphatic carbocycles. The van der Waals surface area contributed by atoms with E-state index in [2.05, 4.69) is 57.5 Å². The van der Waals surface area contributed by atoms with Crippen molar-refractivity contribution in [3.05, 3.63) is 40.0 Å². The molecule has 0 amide bonds. The van der Waals surface area contributed by atoms with Gasteiger partial charge < -0.3 is 0 Å². The summed E-state index contributed by atoms with van der Waals surface area (Å²) < 4.78 is 2.26. The number of rotatable bonds is 4. The van der Waals surface area contributed by atoms with E-state index < -0.39 is 0 Å². The van der Waals surface area contributed by atoms with Gasteiger partial charge in [-0.3, -0.25) is 4.68 Å². The molecule has 3 rings (SSSR count). The van der Waals surface area contributed by atoms with Gasteiger partial charge in [-0.1, -0.05) is 51.4 Å². The lowest BCUT2D eigenvalue weighted by atomic mass is 9.98. The van der Waals surface area contributed by atoms with Gasteiger partial charge in [-0.25, -0.2) is 0 Å². The molecule has 22 heavy (non-hydrogen) atoms. The van der Waals surface area contributed by atoms with Gasteiger partial charge in [-0.2, -0.15) is 5.10 Å². The fourth-order valence-electron chi connectivity index (χ4n) is 3.24. The second kappa shape index (κ2) is 5.73. The van der Waals surface area contributed by atoms with E-state index >= 15 is 0 Å². The van der Waals surface area contributed by atoms with E-state index in [4.69, 9.17) is 16.7 Å². The highest BCUT2D eigenvalue weighted by atomic mass is 35.5. The highest BCUT2D eigenvalue weighted by molar-refractivity contribution is 6.31. The number of aromatic nitrogens is 2. The van der Waals surface area contributed by atoms with Crippen molar-refractivity contribution < 1.29 is 0 Å². The lowest BCUT2D eigenvalue weighted by molar-refractivity contribution is 0.583. The third kappa shape index (κ3) is 2.69. The fraction of sp³-hybridized carbons (Fsp3) is 0.526. The van der Waals surface area contributed by atoms with Gasteiger partial charge in [0.1, 0.15) is 0 Å². The van der Waals surface area contributed by atoms with Gasteiger partial charge >= 0.3 is 0 Å². The van der Waals surface area contributed by atoms with Crippen LogP contribution >= 0.6 is 11.6 Å². The first-order valence-electron chi connectivity index (χ1n) is 8.29. The number of hydrogen-bond donors (Lipinski definition) is 0. The van der Waals surface area contributed by atoms with E-state index in [-0.39, 0.29) is 0 Å². The lowest BCUT2D eigenvalue weighted by Gasteiger charge is -2.10. The molecule has 0 N–H and O–H groups in total. The summed E-state index contributed by atoms with van der Waals surface area (Å²) in [7, 11) is 0. The number of hydrogen-bond acceptors (Lipinski definition) is 1. The molecule has 0 spiro atoms. The van der Waals surface area contributed by atoms with Crippen LogP contribution in [-0.4, -0.2) is 9.78 Å². The lowest BCUT2D eigenvalue weighted by Crippen LogP contribution is -2.04. The minimum atomic E-state index is 0.442. The van der Waals surface area contributed by atoms with Crippen LogP contribution in [-0.2, 0) is 0 Å². The molecule has 0 unspecified atom stereocenters. The molecule has 0 radical (unpaired) electrons. The monoisotopic (exact) mass is 316 g/mol. The zero-order valence-electron chi connectivity index (χ0n) is 14.2. The summed E-state index contributed by atoms with van der Waals surface area (Å²) in [6.07, 6.45) is 2.51. The van der Waals surface area contributed by atoms with Crippen LogP contribution in [0.25, 0.3) is 11.3 Å². The SMILES string of the molecule is Cc1c(-c2ccc(C(C)C)c(Cl)c2)nn(C2CC2)c1C(C)C. The van der Waals surface area contributed by atoms with Crippen molar-refractivity contribution in [3.8, 4) is 11.3 Å². The van der Waals surface area contributed by atoms with E-state index in [1.807, 2.05) is 0 Å². The Balaban J connectivity index is 2.09. The van der Waals surface area contributed by atoms with E-state index in [0.717, 1.165) is 16.3 Å². The van der Waals surface area contributed by atoms with Crippen molar-refractivity contribution in [1.82, 2.24) is 9.78 Å². The van der Waals surface area contributed by atoms with E-state index in [1.54, 1.807) is 0 Å². The summed E-state index contributed by atoms with van der Waals surface area (Å²) >= 11 is 6.48. The molecule has 118 valence electrons. The molecule has 1 saturated carbocycles. The van der Waals surface area contributed by atoms with Crippen LogP contribution in [0.2, 0.25) is 5.02 Å². The molecule has 0 aliphatic heterocycles. The van der Waals surface area contributed by atoms with E-state index in [9.17, 15) is 0 Å². The summed E-state index contributed by atoms with van der Waals surface area (Å²) in [5.41, 5.74) is 6.10. The average Bonchev–Trinajstić information content (AvgIpc) is 3.21. The summed E-state index contributed by atoms with van der Waals surface area (Å²) in [4.78, 5) is 0. The number of benzene rings is 1. The predicted octanol–water partition coefficient (Wildman–Crippen LogP) is 6.09. The Morgan fingerprint density at radius 3 is 2.32 bits per heavy atom. The third-order valence-corrected chi connectivity index (χ3v) is 4.86. The molecule has 1 aromatic carbocycles. The van der Waals surface area contributed by atoms with Gasteiger partial charge in [-0.05, 0) is 48.8 Å². The zero-order valence-corrected chi connectivity index (χ0v) is 14.9. The second-order valence-electron chi connectivity index (χ2n) is 7.08. The summed E-state index contributed by atoms with van der Waals surface area (Å²) in [5, 5.41) is 5.78. The molecule has 1 fully saturated rings. The molecule has 0 bridgehead atoms. The van der Waals surface area contributed by atoms with Crippen LogP contribution in [0.4, 0.5) is 0 Å². The molecule has 2 nitrogen and oxygen atoms in total. The molecule has 1 aromatic heterocycles. The Labute approximate surface area is 138 Å². The molecule has 1 heterocycles. The maximum absolute atomic E-state index is 6.48. The molecular formula is C19H25ClN2. The average molecular weight is 317 g/mol. The standard InChI is InChI=1S/C19H25ClN2/c1-11(2)16-9-6-14(10-17(16)20)18-13(5)19(12(3)4)22(21-18)15-7-8-15/h6,9-12,15H,7-8H2,1-5H3. The third-order valence-electron chi connectivity index (χ3n) is 4.53. The van der Waals surface area contributed by atoms with Crippen LogP contribution < -0.4 is 0 Å². The minimum absolute atomic E-state index is 0.442. The minimum Gasteiger partial charge on any atom is -0.265 e. The Morgan fingerprint density at radius 1 is 1.14 bits per heavy atom. The van der Waals surface area contributed by atoms with Crippen molar-refractivity contribution in [2.24, 2.45) is 0 Å². The summed E-state index contributed by atoms with van der Waals surface area (Å²) in [5.74, 6) is 0.935. The van der Waals surface area contributed by atoms with Crippen molar-refractivity contribution in [2.45, 2.75) is 65.3 Å². The first kappa shape index (κ1) is 15.6. The van der Waals surface area contributed by atoms with E-state index in [1.165, 1.54) is 29.7 Å². The van der Waals surface area contributed by atoms with Gasteiger partial charge in [0.25, 0.3) is 0 Å². The Kier molecular flexibility index (Phi) is 4.07. The second-order valence-corrected chi connectivity index (χ2v) is 7.49. The van der Waals surface area contributed by atoms with Gasteiger partial charge in [0, 0.05) is 16.3 Å².